The van der Waals surface area contributed by atoms with Gasteiger partial charge in [-0.25, -0.2) is 4.79 Å². The number of pyridine rings is 1. The summed E-state index contributed by atoms with van der Waals surface area (Å²) >= 11 is 0. The van der Waals surface area contributed by atoms with E-state index in [0.29, 0.717) is 11.6 Å². The molecule has 0 saturated carbocycles. The van der Waals surface area contributed by atoms with Crippen LogP contribution in [0.5, 0.6) is 0 Å². The van der Waals surface area contributed by atoms with Gasteiger partial charge in [0.05, 0.1) is 5.56 Å². The molecule has 0 radical (unpaired) electrons. The monoisotopic (exact) mass is 219 g/mol. The van der Waals surface area contributed by atoms with E-state index in [1.54, 1.807) is 16.7 Å². The predicted molar refractivity (Wildman–Crippen MR) is 58.5 cm³/mol. The van der Waals surface area contributed by atoms with E-state index >= 15 is 0 Å². The number of rotatable bonds is 3. The minimum atomic E-state index is -0.939. The lowest BCUT2D eigenvalue weighted by atomic mass is 10.1. The van der Waals surface area contributed by atoms with Crippen LogP contribution in [0.3, 0.4) is 0 Å². The lowest BCUT2D eigenvalue weighted by Crippen LogP contribution is -2.03. The van der Waals surface area contributed by atoms with Gasteiger partial charge in [0.25, 0.3) is 0 Å². The van der Waals surface area contributed by atoms with Gasteiger partial charge < -0.3 is 5.11 Å². The molecule has 2 rings (SSSR count). The third-order valence-electron chi connectivity index (χ3n) is 2.31. The van der Waals surface area contributed by atoms with Crippen molar-refractivity contribution in [1.82, 2.24) is 14.6 Å². The maximum Gasteiger partial charge on any atom is 0.337 e. The summed E-state index contributed by atoms with van der Waals surface area (Å²) in [6.45, 7) is 4.17. The van der Waals surface area contributed by atoms with Gasteiger partial charge in [-0.2, -0.15) is 0 Å². The predicted octanol–water partition coefficient (Wildman–Crippen LogP) is 1.63. The van der Waals surface area contributed by atoms with Crippen molar-refractivity contribution in [2.24, 2.45) is 5.92 Å². The van der Waals surface area contributed by atoms with Crippen LogP contribution in [0, 0.1) is 5.92 Å². The Kier molecular flexibility index (Phi) is 2.60. The topological polar surface area (TPSA) is 67.5 Å². The molecule has 0 aliphatic heterocycles. The van der Waals surface area contributed by atoms with Gasteiger partial charge in [0.1, 0.15) is 5.82 Å². The van der Waals surface area contributed by atoms with Gasteiger partial charge >= 0.3 is 5.97 Å². The van der Waals surface area contributed by atoms with Crippen LogP contribution in [-0.2, 0) is 6.42 Å². The smallest absolute Gasteiger partial charge is 0.337 e. The van der Waals surface area contributed by atoms with E-state index in [1.165, 1.54) is 6.07 Å². The average molecular weight is 219 g/mol. The number of fused-ring (bicyclic) bond motifs is 1. The molecule has 0 aliphatic carbocycles. The molecule has 0 saturated heterocycles. The second-order valence-corrected chi connectivity index (χ2v) is 4.17. The van der Waals surface area contributed by atoms with Crippen molar-refractivity contribution in [2.45, 2.75) is 20.3 Å². The summed E-state index contributed by atoms with van der Waals surface area (Å²) in [5.41, 5.74) is 0.929. The second kappa shape index (κ2) is 3.92. The molecule has 0 atom stereocenters. The van der Waals surface area contributed by atoms with Crippen LogP contribution in [0.1, 0.15) is 30.0 Å². The molecule has 0 spiro atoms. The molecule has 84 valence electrons. The fourth-order valence-electron chi connectivity index (χ4n) is 1.57. The fraction of sp³-hybridized carbons (Fsp3) is 0.364. The Labute approximate surface area is 92.7 Å². The molecule has 0 bridgehead atoms. The maximum atomic E-state index is 10.8. The summed E-state index contributed by atoms with van der Waals surface area (Å²) in [6.07, 6.45) is 2.35. The van der Waals surface area contributed by atoms with Crippen LogP contribution < -0.4 is 0 Å². The number of carboxylic acid groups (broad SMARTS) is 1. The molecule has 2 aromatic rings. The number of carbonyl (C=O) groups is 1. The largest absolute Gasteiger partial charge is 0.478 e. The van der Waals surface area contributed by atoms with Gasteiger partial charge in [-0.15, -0.1) is 10.2 Å². The molecule has 0 aliphatic rings. The molecular weight excluding hydrogens is 206 g/mol. The molecule has 1 N–H and O–H groups in total. The normalized spacial score (nSPS) is 11.2. The van der Waals surface area contributed by atoms with Crippen molar-refractivity contribution < 1.29 is 9.90 Å². The quantitative estimate of drug-likeness (QED) is 0.851. The van der Waals surface area contributed by atoms with E-state index in [0.717, 1.165) is 12.2 Å². The second-order valence-electron chi connectivity index (χ2n) is 4.17. The Morgan fingerprint density at radius 1 is 1.44 bits per heavy atom. The van der Waals surface area contributed by atoms with Gasteiger partial charge in [-0.3, -0.25) is 4.40 Å². The zero-order valence-electron chi connectivity index (χ0n) is 9.21. The summed E-state index contributed by atoms with van der Waals surface area (Å²) in [6, 6.07) is 3.20. The molecule has 0 fully saturated rings. The Hall–Kier alpha value is -1.91. The first-order chi connectivity index (χ1) is 7.58. The van der Waals surface area contributed by atoms with Crippen molar-refractivity contribution in [3.05, 3.63) is 29.7 Å². The van der Waals surface area contributed by atoms with Crippen LogP contribution in [0.25, 0.3) is 5.65 Å². The van der Waals surface area contributed by atoms with Gasteiger partial charge in [-0.1, -0.05) is 13.8 Å². The summed E-state index contributed by atoms with van der Waals surface area (Å²) in [5.74, 6) is 0.320. The molecule has 2 aromatic heterocycles. The standard InChI is InChI=1S/C11H13N3O2/c1-7(2)5-10-13-12-9-4-3-8(11(15)16)6-14(9)10/h3-4,6-7H,5H2,1-2H3,(H,15,16). The number of hydrogen-bond acceptors (Lipinski definition) is 3. The zero-order chi connectivity index (χ0) is 11.7. The minimum Gasteiger partial charge on any atom is -0.478 e. The van der Waals surface area contributed by atoms with Crippen molar-refractivity contribution >= 4 is 11.6 Å². The third kappa shape index (κ3) is 1.88. The SMILES string of the molecule is CC(C)Cc1nnc2ccc(C(=O)O)cn12. The van der Waals surface area contributed by atoms with Crippen molar-refractivity contribution in [2.75, 3.05) is 0 Å². The van der Waals surface area contributed by atoms with E-state index in [-0.39, 0.29) is 5.56 Å². The van der Waals surface area contributed by atoms with E-state index in [2.05, 4.69) is 24.0 Å². The number of carboxylic acids is 1. The maximum absolute atomic E-state index is 10.8. The molecule has 5 heteroatoms. The summed E-state index contributed by atoms with van der Waals surface area (Å²) < 4.78 is 1.74. The highest BCUT2D eigenvalue weighted by molar-refractivity contribution is 5.87. The van der Waals surface area contributed by atoms with Crippen LogP contribution >= 0.6 is 0 Å². The van der Waals surface area contributed by atoms with Gasteiger partial charge in [0.2, 0.25) is 0 Å². The molecule has 0 amide bonds. The Balaban J connectivity index is 2.51. The van der Waals surface area contributed by atoms with Crippen molar-refractivity contribution in [1.29, 1.82) is 0 Å². The lowest BCUT2D eigenvalue weighted by Gasteiger charge is -2.03. The first-order valence-corrected chi connectivity index (χ1v) is 5.15. The van der Waals surface area contributed by atoms with E-state index < -0.39 is 5.97 Å². The van der Waals surface area contributed by atoms with Crippen LogP contribution in [0.15, 0.2) is 18.3 Å². The first kappa shape index (κ1) is 10.6. The van der Waals surface area contributed by atoms with Crippen LogP contribution in [-0.4, -0.2) is 25.7 Å². The summed E-state index contributed by atoms with van der Waals surface area (Å²) in [4.78, 5) is 10.8. The number of hydrogen-bond donors (Lipinski definition) is 1. The van der Waals surface area contributed by atoms with E-state index in [1.807, 2.05) is 0 Å². The average Bonchev–Trinajstić information content (AvgIpc) is 2.60. The molecule has 0 unspecified atom stereocenters. The number of aromatic nitrogens is 3. The van der Waals surface area contributed by atoms with Gasteiger partial charge in [-0.05, 0) is 18.1 Å². The molecule has 5 nitrogen and oxygen atoms in total. The molecule has 0 aromatic carbocycles. The molecular formula is C11H13N3O2. The van der Waals surface area contributed by atoms with Crippen molar-refractivity contribution in [3.8, 4) is 0 Å². The van der Waals surface area contributed by atoms with Gasteiger partial charge in [0, 0.05) is 12.6 Å². The summed E-state index contributed by atoms with van der Waals surface area (Å²) in [7, 11) is 0. The van der Waals surface area contributed by atoms with E-state index in [9.17, 15) is 4.79 Å². The highest BCUT2D eigenvalue weighted by atomic mass is 16.4. The summed E-state index contributed by atoms with van der Waals surface area (Å²) in [5, 5.41) is 16.9. The fourth-order valence-corrected chi connectivity index (χ4v) is 1.57. The van der Waals surface area contributed by atoms with E-state index in [4.69, 9.17) is 5.11 Å². The zero-order valence-corrected chi connectivity index (χ0v) is 9.21. The Bertz CT molecular complexity index is 531. The molecule has 16 heavy (non-hydrogen) atoms. The number of nitrogens with zero attached hydrogens (tertiary/aromatic N) is 3. The van der Waals surface area contributed by atoms with Gasteiger partial charge in [0.15, 0.2) is 5.65 Å². The highest BCUT2D eigenvalue weighted by Gasteiger charge is 2.10. The first-order valence-electron chi connectivity index (χ1n) is 5.15. The lowest BCUT2D eigenvalue weighted by molar-refractivity contribution is 0.0696. The third-order valence-corrected chi connectivity index (χ3v) is 2.31. The van der Waals surface area contributed by atoms with Crippen LogP contribution in [0.2, 0.25) is 0 Å². The minimum absolute atomic E-state index is 0.248. The number of aromatic carboxylic acids is 1. The Morgan fingerprint density at radius 3 is 2.81 bits per heavy atom. The molecule has 2 heterocycles. The highest BCUT2D eigenvalue weighted by Crippen LogP contribution is 2.10. The Morgan fingerprint density at radius 2 is 2.19 bits per heavy atom. The van der Waals surface area contributed by atoms with Crippen LogP contribution in [0.4, 0.5) is 0 Å². The van der Waals surface area contributed by atoms with Crippen molar-refractivity contribution in [3.63, 3.8) is 0 Å².